The number of carboxylic acid groups (broad SMARTS) is 1. The third-order valence-corrected chi connectivity index (χ3v) is 4.06. The van der Waals surface area contributed by atoms with Crippen molar-refractivity contribution in [3.05, 3.63) is 63.8 Å². The summed E-state index contributed by atoms with van der Waals surface area (Å²) in [7, 11) is 0. The number of rotatable bonds is 4. The molecule has 1 N–H and O–H groups in total. The van der Waals surface area contributed by atoms with E-state index in [4.69, 9.17) is 5.11 Å². The van der Waals surface area contributed by atoms with Gasteiger partial charge in [-0.1, -0.05) is 24.3 Å². The molecule has 4 nitrogen and oxygen atoms in total. The zero-order chi connectivity index (χ0) is 17.1. The van der Waals surface area contributed by atoms with Crippen molar-refractivity contribution in [2.45, 2.75) is 27.2 Å². The van der Waals surface area contributed by atoms with E-state index in [1.807, 2.05) is 12.1 Å². The van der Waals surface area contributed by atoms with E-state index in [-0.39, 0.29) is 11.6 Å². The Labute approximate surface area is 134 Å². The van der Waals surface area contributed by atoms with Crippen LogP contribution in [-0.2, 0) is 20.8 Å². The fourth-order valence-electron chi connectivity index (χ4n) is 2.55. The second-order valence-corrected chi connectivity index (χ2v) is 5.61. The van der Waals surface area contributed by atoms with E-state index in [0.717, 1.165) is 17.2 Å². The molecular weight excluding hydrogens is 292 g/mol. The minimum absolute atomic E-state index is 0.0842. The van der Waals surface area contributed by atoms with Crippen molar-refractivity contribution in [2.75, 3.05) is 0 Å². The van der Waals surface area contributed by atoms with Crippen LogP contribution in [-0.4, -0.2) is 22.6 Å². The highest BCUT2D eigenvalue weighted by molar-refractivity contribution is 6.24. The predicted molar refractivity (Wildman–Crippen MR) is 87.9 cm³/mol. The van der Waals surface area contributed by atoms with Crippen LogP contribution in [0.2, 0.25) is 0 Å². The van der Waals surface area contributed by atoms with Crippen molar-refractivity contribution in [2.24, 2.45) is 0 Å². The number of aliphatic carboxylic acids is 1. The van der Waals surface area contributed by atoms with Crippen LogP contribution in [0.1, 0.15) is 31.9 Å². The molecule has 0 aliphatic heterocycles. The number of ketones is 2. The van der Waals surface area contributed by atoms with Gasteiger partial charge in [0.15, 0.2) is 11.6 Å². The number of carbonyl (C=O) groups excluding carboxylic acids is 2. The summed E-state index contributed by atoms with van der Waals surface area (Å²) in [6.45, 7) is 5.03. The minimum Gasteiger partial charge on any atom is -0.478 e. The molecule has 0 heterocycles. The fourth-order valence-corrected chi connectivity index (χ4v) is 2.55. The quantitative estimate of drug-likeness (QED) is 0.685. The third kappa shape index (κ3) is 3.54. The fraction of sp³-hybridized carbons (Fsp3) is 0.211. The van der Waals surface area contributed by atoms with Crippen LogP contribution >= 0.6 is 0 Å². The van der Waals surface area contributed by atoms with E-state index < -0.39 is 5.97 Å². The van der Waals surface area contributed by atoms with Gasteiger partial charge in [-0.15, -0.1) is 0 Å². The molecule has 0 bridgehead atoms. The largest absolute Gasteiger partial charge is 0.478 e. The lowest BCUT2D eigenvalue weighted by Crippen LogP contribution is -2.21. The summed E-state index contributed by atoms with van der Waals surface area (Å²) in [4.78, 5) is 35.2. The summed E-state index contributed by atoms with van der Waals surface area (Å²) < 4.78 is 0. The van der Waals surface area contributed by atoms with E-state index >= 15 is 0 Å². The summed E-state index contributed by atoms with van der Waals surface area (Å²) in [6.07, 6.45) is 2.92. The summed E-state index contributed by atoms with van der Waals surface area (Å²) in [5.74, 6) is -1.19. The first kappa shape index (κ1) is 16.6. The highest BCUT2D eigenvalue weighted by atomic mass is 16.4. The van der Waals surface area contributed by atoms with Crippen LogP contribution in [0.25, 0.3) is 6.08 Å². The molecule has 0 saturated heterocycles. The summed E-state index contributed by atoms with van der Waals surface area (Å²) in [5.41, 5.74) is 3.61. The van der Waals surface area contributed by atoms with Crippen LogP contribution in [0.3, 0.4) is 0 Å². The highest BCUT2D eigenvalue weighted by Crippen LogP contribution is 2.26. The van der Waals surface area contributed by atoms with E-state index in [1.54, 1.807) is 32.9 Å². The molecule has 0 fully saturated rings. The molecule has 0 aromatic heterocycles. The molecule has 4 heteroatoms. The molecule has 2 rings (SSSR count). The van der Waals surface area contributed by atoms with Gasteiger partial charge in [-0.3, -0.25) is 9.59 Å². The van der Waals surface area contributed by atoms with Gasteiger partial charge >= 0.3 is 5.97 Å². The topological polar surface area (TPSA) is 71.4 Å². The maximum Gasteiger partial charge on any atom is 0.328 e. The maximum absolute atomic E-state index is 12.4. The first-order chi connectivity index (χ1) is 10.8. The number of benzene rings is 1. The zero-order valence-corrected chi connectivity index (χ0v) is 13.3. The van der Waals surface area contributed by atoms with E-state index in [1.165, 1.54) is 6.08 Å². The summed E-state index contributed by atoms with van der Waals surface area (Å²) in [5, 5.41) is 8.68. The lowest BCUT2D eigenvalue weighted by molar-refractivity contribution is -0.131. The summed E-state index contributed by atoms with van der Waals surface area (Å²) >= 11 is 0. The van der Waals surface area contributed by atoms with Gasteiger partial charge in [-0.05, 0) is 38.0 Å². The molecule has 0 unspecified atom stereocenters. The van der Waals surface area contributed by atoms with Gasteiger partial charge in [0.1, 0.15) is 0 Å². The lowest BCUT2D eigenvalue weighted by Gasteiger charge is -2.18. The number of allylic oxidation sites excluding steroid dienone is 4. The molecule has 1 aliphatic carbocycles. The van der Waals surface area contributed by atoms with Gasteiger partial charge in [0, 0.05) is 34.8 Å². The van der Waals surface area contributed by atoms with Crippen LogP contribution in [0, 0.1) is 0 Å². The third-order valence-electron chi connectivity index (χ3n) is 4.06. The molecule has 0 atom stereocenters. The number of carbonyl (C=O) groups is 3. The number of Topliss-reactive ketones (excluding diaryl/α,β-unsaturated/α-hetero) is 2. The Bertz CT molecular complexity index is 791. The molecule has 0 saturated carbocycles. The highest BCUT2D eigenvalue weighted by Gasteiger charge is 2.27. The van der Waals surface area contributed by atoms with Gasteiger partial charge in [0.05, 0.1) is 0 Å². The van der Waals surface area contributed by atoms with Crippen molar-refractivity contribution in [1.29, 1.82) is 0 Å². The first-order valence-electron chi connectivity index (χ1n) is 7.28. The SMILES string of the molecule is CC1=C(C)C(=O)C(Cc2cccc(C=CC(=O)O)c2)=C(C)C1=O. The van der Waals surface area contributed by atoms with Crippen molar-refractivity contribution >= 4 is 23.6 Å². The Morgan fingerprint density at radius 2 is 1.70 bits per heavy atom. The average molecular weight is 310 g/mol. The van der Waals surface area contributed by atoms with Crippen molar-refractivity contribution in [3.8, 4) is 0 Å². The number of hydrogen-bond donors (Lipinski definition) is 1. The van der Waals surface area contributed by atoms with E-state index in [2.05, 4.69) is 0 Å². The molecule has 1 aromatic carbocycles. The predicted octanol–water partition coefficient (Wildman–Crippen LogP) is 3.13. The van der Waals surface area contributed by atoms with Crippen LogP contribution < -0.4 is 0 Å². The summed E-state index contributed by atoms with van der Waals surface area (Å²) in [6, 6.07) is 7.26. The van der Waals surface area contributed by atoms with Crippen LogP contribution in [0.4, 0.5) is 0 Å². The number of carboxylic acids is 1. The van der Waals surface area contributed by atoms with Gasteiger partial charge < -0.3 is 5.11 Å². The number of hydrogen-bond acceptors (Lipinski definition) is 3. The van der Waals surface area contributed by atoms with Crippen LogP contribution in [0.15, 0.2) is 52.6 Å². The standard InChI is InChI=1S/C19H18O4/c1-11-12(2)19(23)16(13(3)18(11)22)10-15-6-4-5-14(9-15)7-8-17(20)21/h4-9H,10H2,1-3H3,(H,20,21). The Morgan fingerprint density at radius 1 is 1.04 bits per heavy atom. The van der Waals surface area contributed by atoms with Gasteiger partial charge in [0.2, 0.25) is 0 Å². The molecule has 0 spiro atoms. The molecule has 1 aromatic rings. The molecule has 118 valence electrons. The van der Waals surface area contributed by atoms with Crippen molar-refractivity contribution in [1.82, 2.24) is 0 Å². The zero-order valence-electron chi connectivity index (χ0n) is 13.3. The molecule has 0 radical (unpaired) electrons. The average Bonchev–Trinajstić information content (AvgIpc) is 2.53. The van der Waals surface area contributed by atoms with Crippen molar-refractivity contribution in [3.63, 3.8) is 0 Å². The van der Waals surface area contributed by atoms with Crippen molar-refractivity contribution < 1.29 is 19.5 Å². The van der Waals surface area contributed by atoms with Gasteiger partial charge in [-0.25, -0.2) is 4.79 Å². The van der Waals surface area contributed by atoms with Gasteiger partial charge in [0.25, 0.3) is 0 Å². The second-order valence-electron chi connectivity index (χ2n) is 5.61. The second kappa shape index (κ2) is 6.57. The molecule has 23 heavy (non-hydrogen) atoms. The molecule has 1 aliphatic rings. The Balaban J connectivity index is 2.32. The smallest absolute Gasteiger partial charge is 0.328 e. The molecular formula is C19H18O4. The van der Waals surface area contributed by atoms with Crippen LogP contribution in [0.5, 0.6) is 0 Å². The minimum atomic E-state index is -1.02. The maximum atomic E-state index is 12.4. The lowest BCUT2D eigenvalue weighted by atomic mass is 9.83. The first-order valence-corrected chi connectivity index (χ1v) is 7.28. The van der Waals surface area contributed by atoms with E-state index in [0.29, 0.717) is 28.7 Å². The Hall–Kier alpha value is -2.75. The molecule has 0 amide bonds. The Morgan fingerprint density at radius 3 is 2.35 bits per heavy atom. The monoisotopic (exact) mass is 310 g/mol. The van der Waals surface area contributed by atoms with Gasteiger partial charge in [-0.2, -0.15) is 0 Å². The Kier molecular flexibility index (Phi) is 4.74. The normalized spacial score (nSPS) is 15.8. The van der Waals surface area contributed by atoms with E-state index in [9.17, 15) is 14.4 Å².